The molecule has 2 aromatic carbocycles. The minimum atomic E-state index is -2.79. The lowest BCUT2D eigenvalue weighted by molar-refractivity contribution is -0.319. The zero-order chi connectivity index (χ0) is 14.8. The van der Waals surface area contributed by atoms with E-state index in [4.69, 9.17) is 5.11 Å². The van der Waals surface area contributed by atoms with Gasteiger partial charge in [0.1, 0.15) is 0 Å². The molecule has 0 atom stereocenters. The molecule has 0 heterocycles. The van der Waals surface area contributed by atoms with Crippen molar-refractivity contribution in [2.24, 2.45) is 0 Å². The molecule has 0 unspecified atom stereocenters. The second kappa shape index (κ2) is 5.20. The molecule has 0 saturated heterocycles. The monoisotopic (exact) mass is 276 g/mol. The summed E-state index contributed by atoms with van der Waals surface area (Å²) in [5, 5.41) is 37.9. The minimum absolute atomic E-state index is 0.0173. The van der Waals surface area contributed by atoms with Gasteiger partial charge >= 0.3 is 11.9 Å². The van der Waals surface area contributed by atoms with Crippen molar-refractivity contribution in [1.29, 1.82) is 0 Å². The molecule has 6 nitrogen and oxygen atoms in total. The quantitative estimate of drug-likeness (QED) is 0.379. The van der Waals surface area contributed by atoms with Crippen LogP contribution in [0.1, 0.15) is 15.9 Å². The SMILES string of the molecule is O=C(OC(O)(O)c1ccccc1)c1ccc(O)c(O)c1. The van der Waals surface area contributed by atoms with Crippen molar-refractivity contribution in [1.82, 2.24) is 0 Å². The summed E-state index contributed by atoms with van der Waals surface area (Å²) in [6, 6.07) is 10.7. The Kier molecular flexibility index (Phi) is 3.60. The molecule has 0 aromatic heterocycles. The van der Waals surface area contributed by atoms with Gasteiger partial charge in [0.25, 0.3) is 0 Å². The summed E-state index contributed by atoms with van der Waals surface area (Å²) in [4.78, 5) is 11.8. The average molecular weight is 276 g/mol. The Hall–Kier alpha value is -2.57. The molecule has 104 valence electrons. The van der Waals surface area contributed by atoms with E-state index in [0.29, 0.717) is 0 Å². The van der Waals surface area contributed by atoms with E-state index in [-0.39, 0.29) is 11.1 Å². The number of carbonyl (C=O) groups is 1. The van der Waals surface area contributed by atoms with Crippen molar-refractivity contribution < 1.29 is 30.0 Å². The van der Waals surface area contributed by atoms with E-state index in [0.717, 1.165) is 12.1 Å². The molecule has 0 spiro atoms. The number of esters is 1. The second-order valence-electron chi connectivity index (χ2n) is 4.07. The Morgan fingerprint density at radius 3 is 2.20 bits per heavy atom. The van der Waals surface area contributed by atoms with Gasteiger partial charge in [-0.25, -0.2) is 4.79 Å². The molecule has 0 aliphatic heterocycles. The smallest absolute Gasteiger partial charge is 0.353 e. The fraction of sp³-hybridized carbons (Fsp3) is 0.0714. The molecule has 2 aromatic rings. The molecule has 20 heavy (non-hydrogen) atoms. The van der Waals surface area contributed by atoms with Crippen LogP contribution in [-0.4, -0.2) is 26.4 Å². The van der Waals surface area contributed by atoms with Crippen LogP contribution >= 0.6 is 0 Å². The lowest BCUT2D eigenvalue weighted by Gasteiger charge is -2.21. The number of hydrogen-bond donors (Lipinski definition) is 4. The number of hydrogen-bond acceptors (Lipinski definition) is 6. The van der Waals surface area contributed by atoms with Gasteiger partial charge in [0, 0.05) is 0 Å². The maximum absolute atomic E-state index is 11.8. The van der Waals surface area contributed by atoms with Crippen molar-refractivity contribution in [3.63, 3.8) is 0 Å². The Balaban J connectivity index is 2.20. The largest absolute Gasteiger partial charge is 0.504 e. The molecule has 4 N–H and O–H groups in total. The molecule has 0 saturated carbocycles. The van der Waals surface area contributed by atoms with Crippen molar-refractivity contribution in [2.45, 2.75) is 5.97 Å². The first-order chi connectivity index (χ1) is 9.40. The van der Waals surface area contributed by atoms with Crippen molar-refractivity contribution in [2.75, 3.05) is 0 Å². The predicted octanol–water partition coefficient (Wildman–Crippen LogP) is 1.05. The molecule has 0 fully saturated rings. The van der Waals surface area contributed by atoms with Crippen LogP contribution in [0.4, 0.5) is 0 Å². The van der Waals surface area contributed by atoms with E-state index in [1.54, 1.807) is 18.2 Å². The topological polar surface area (TPSA) is 107 Å². The third kappa shape index (κ3) is 2.87. The Morgan fingerprint density at radius 2 is 1.60 bits per heavy atom. The maximum atomic E-state index is 11.8. The van der Waals surface area contributed by atoms with E-state index < -0.39 is 23.4 Å². The Bertz CT molecular complexity index is 621. The van der Waals surface area contributed by atoms with Crippen LogP contribution in [0.2, 0.25) is 0 Å². The molecular formula is C14H12O6. The van der Waals surface area contributed by atoms with Crippen molar-refractivity contribution >= 4 is 5.97 Å². The van der Waals surface area contributed by atoms with Crippen molar-refractivity contribution in [3.8, 4) is 11.5 Å². The summed E-state index contributed by atoms with van der Waals surface area (Å²) in [6.07, 6.45) is 0. The third-order valence-electron chi connectivity index (χ3n) is 2.60. The zero-order valence-electron chi connectivity index (χ0n) is 10.2. The van der Waals surface area contributed by atoms with E-state index in [2.05, 4.69) is 4.74 Å². The fourth-order valence-electron chi connectivity index (χ4n) is 1.55. The number of aliphatic hydroxyl groups is 2. The average Bonchev–Trinajstić information content (AvgIpc) is 2.42. The molecule has 0 amide bonds. The van der Waals surface area contributed by atoms with Crippen LogP contribution in [0.3, 0.4) is 0 Å². The van der Waals surface area contributed by atoms with E-state index in [9.17, 15) is 20.1 Å². The maximum Gasteiger partial charge on any atom is 0.353 e. The van der Waals surface area contributed by atoms with Gasteiger partial charge in [0.05, 0.1) is 11.1 Å². The van der Waals surface area contributed by atoms with Crippen molar-refractivity contribution in [3.05, 3.63) is 59.7 Å². The van der Waals surface area contributed by atoms with Gasteiger partial charge in [-0.05, 0) is 30.3 Å². The highest BCUT2D eigenvalue weighted by molar-refractivity contribution is 5.90. The van der Waals surface area contributed by atoms with Gasteiger partial charge in [-0.15, -0.1) is 0 Å². The summed E-state index contributed by atoms with van der Waals surface area (Å²) < 4.78 is 4.58. The molecule has 0 aliphatic carbocycles. The summed E-state index contributed by atoms with van der Waals surface area (Å²) in [7, 11) is 0. The molecule has 6 heteroatoms. The molecule has 0 bridgehead atoms. The van der Waals surface area contributed by atoms with Crippen LogP contribution < -0.4 is 0 Å². The van der Waals surface area contributed by atoms with Gasteiger partial charge in [-0.1, -0.05) is 18.2 Å². The second-order valence-corrected chi connectivity index (χ2v) is 4.07. The number of rotatable bonds is 3. The fourth-order valence-corrected chi connectivity index (χ4v) is 1.55. The first-order valence-electron chi connectivity index (χ1n) is 5.66. The number of ether oxygens (including phenoxy) is 1. The Morgan fingerprint density at radius 1 is 0.950 bits per heavy atom. The van der Waals surface area contributed by atoms with Gasteiger partial charge < -0.3 is 25.2 Å². The summed E-state index contributed by atoms with van der Waals surface area (Å²) >= 11 is 0. The summed E-state index contributed by atoms with van der Waals surface area (Å²) in [5.74, 6) is -4.76. The minimum Gasteiger partial charge on any atom is -0.504 e. The molecule has 0 aliphatic rings. The van der Waals surface area contributed by atoms with E-state index in [1.807, 2.05) is 0 Å². The first kappa shape index (κ1) is 13.9. The highest BCUT2D eigenvalue weighted by atomic mass is 16.8. The van der Waals surface area contributed by atoms with Crippen LogP contribution in [0.5, 0.6) is 11.5 Å². The normalized spacial score (nSPS) is 11.1. The molecule has 0 radical (unpaired) electrons. The number of phenolic OH excluding ortho intramolecular Hbond substituents is 2. The number of phenols is 2. The van der Waals surface area contributed by atoms with E-state index in [1.165, 1.54) is 18.2 Å². The first-order valence-corrected chi connectivity index (χ1v) is 5.66. The van der Waals surface area contributed by atoms with Crippen LogP contribution in [-0.2, 0) is 10.7 Å². The van der Waals surface area contributed by atoms with Gasteiger partial charge in [-0.2, -0.15) is 0 Å². The Labute approximate surface area is 114 Å². The highest BCUT2D eigenvalue weighted by Crippen LogP contribution is 2.27. The van der Waals surface area contributed by atoms with Crippen LogP contribution in [0, 0.1) is 0 Å². The zero-order valence-corrected chi connectivity index (χ0v) is 10.2. The van der Waals surface area contributed by atoms with Crippen LogP contribution in [0.15, 0.2) is 48.5 Å². The molecule has 2 rings (SSSR count). The number of aromatic hydroxyl groups is 2. The van der Waals surface area contributed by atoms with Gasteiger partial charge in [-0.3, -0.25) is 0 Å². The predicted molar refractivity (Wildman–Crippen MR) is 67.7 cm³/mol. The van der Waals surface area contributed by atoms with Gasteiger partial charge in [0.2, 0.25) is 0 Å². The highest BCUT2D eigenvalue weighted by Gasteiger charge is 2.31. The number of benzene rings is 2. The van der Waals surface area contributed by atoms with E-state index >= 15 is 0 Å². The standard InChI is InChI=1S/C14H12O6/c15-11-7-6-9(8-12(11)16)13(17)20-14(18,19)10-4-2-1-3-5-10/h1-8,15-16,18-19H. The summed E-state index contributed by atoms with van der Waals surface area (Å²) in [6.45, 7) is 0. The molecular weight excluding hydrogens is 264 g/mol. The lowest BCUT2D eigenvalue weighted by Crippen LogP contribution is -2.31. The van der Waals surface area contributed by atoms with Crippen LogP contribution in [0.25, 0.3) is 0 Å². The van der Waals surface area contributed by atoms with Gasteiger partial charge in [0.15, 0.2) is 11.5 Å². The third-order valence-corrected chi connectivity index (χ3v) is 2.60. The summed E-state index contributed by atoms with van der Waals surface area (Å²) in [5.41, 5.74) is -0.153. The lowest BCUT2D eigenvalue weighted by atomic mass is 10.2. The number of carbonyl (C=O) groups excluding carboxylic acids is 1.